The number of aromatic nitrogens is 3. The van der Waals surface area contributed by atoms with Gasteiger partial charge in [-0.2, -0.15) is 5.10 Å². The Morgan fingerprint density at radius 3 is 2.71 bits per heavy atom. The van der Waals surface area contributed by atoms with E-state index in [9.17, 15) is 0 Å². The summed E-state index contributed by atoms with van der Waals surface area (Å²) in [5.41, 5.74) is 11.6. The van der Waals surface area contributed by atoms with E-state index in [1.54, 1.807) is 0 Å². The van der Waals surface area contributed by atoms with E-state index in [-0.39, 0.29) is 6.17 Å². The summed E-state index contributed by atoms with van der Waals surface area (Å²) < 4.78 is 7.84. The number of nitrogens with zero attached hydrogens (tertiary/aromatic N) is 6. The summed E-state index contributed by atoms with van der Waals surface area (Å²) in [5.74, 6) is 0.787. The maximum Gasteiger partial charge on any atom is 0.162 e. The van der Waals surface area contributed by atoms with Crippen LogP contribution in [-0.2, 0) is 13.0 Å². The molecule has 4 heterocycles. The minimum atomic E-state index is -0.173. The van der Waals surface area contributed by atoms with E-state index >= 15 is 0 Å². The van der Waals surface area contributed by atoms with Gasteiger partial charge in [-0.05, 0) is 63.8 Å². The van der Waals surface area contributed by atoms with E-state index in [1.165, 1.54) is 5.56 Å². The van der Waals surface area contributed by atoms with Crippen LogP contribution in [0, 0.1) is 6.92 Å². The third-order valence-corrected chi connectivity index (χ3v) is 7.23. The summed E-state index contributed by atoms with van der Waals surface area (Å²) in [6, 6.07) is 16.5. The lowest BCUT2D eigenvalue weighted by molar-refractivity contribution is 0.274. The highest BCUT2D eigenvalue weighted by Gasteiger charge is 2.29. The molecule has 1 atom stereocenters. The Labute approximate surface area is 222 Å². The quantitative estimate of drug-likeness (QED) is 0.395. The van der Waals surface area contributed by atoms with Gasteiger partial charge in [0.1, 0.15) is 11.5 Å². The fourth-order valence-electron chi connectivity index (χ4n) is 5.18. The Bertz CT molecular complexity index is 1610. The lowest BCUT2D eigenvalue weighted by atomic mass is 10.0. The van der Waals surface area contributed by atoms with Crippen LogP contribution in [0.15, 0.2) is 70.4 Å². The highest BCUT2D eigenvalue weighted by Crippen LogP contribution is 2.32. The molecule has 38 heavy (non-hydrogen) atoms. The van der Waals surface area contributed by atoms with E-state index in [2.05, 4.69) is 94.8 Å². The second kappa shape index (κ2) is 10.0. The third-order valence-electron chi connectivity index (χ3n) is 7.23. The Balaban J connectivity index is 1.29. The molecule has 0 spiro atoms. The van der Waals surface area contributed by atoms with Crippen molar-refractivity contribution in [1.29, 1.82) is 0 Å². The van der Waals surface area contributed by atoms with Crippen LogP contribution >= 0.6 is 0 Å². The molecule has 6 rings (SSSR count). The average Bonchev–Trinajstić information content (AvgIpc) is 3.61. The van der Waals surface area contributed by atoms with Crippen LogP contribution in [0.3, 0.4) is 0 Å². The minimum Gasteiger partial charge on any atom is -0.361 e. The summed E-state index contributed by atoms with van der Waals surface area (Å²) >= 11 is 0. The van der Waals surface area contributed by atoms with Crippen molar-refractivity contribution < 1.29 is 4.52 Å². The van der Waals surface area contributed by atoms with Crippen LogP contribution in [0.25, 0.3) is 22.9 Å². The zero-order valence-electron chi connectivity index (χ0n) is 22.3. The number of pyridine rings is 1. The second-order valence-corrected chi connectivity index (χ2v) is 10.4. The van der Waals surface area contributed by atoms with E-state index in [0.29, 0.717) is 0 Å². The monoisotopic (exact) mass is 507 g/mol. The van der Waals surface area contributed by atoms with Crippen molar-refractivity contribution in [3.63, 3.8) is 0 Å². The molecule has 194 valence electrons. The van der Waals surface area contributed by atoms with Crippen molar-refractivity contribution >= 4 is 11.6 Å². The van der Waals surface area contributed by atoms with Gasteiger partial charge >= 0.3 is 0 Å². The van der Waals surface area contributed by atoms with Crippen LogP contribution in [0.1, 0.15) is 34.4 Å². The van der Waals surface area contributed by atoms with Crippen molar-refractivity contribution in [2.45, 2.75) is 26.1 Å². The van der Waals surface area contributed by atoms with Crippen LogP contribution in [-0.4, -0.2) is 58.7 Å². The maximum absolute atomic E-state index is 5.64. The number of aryl methyl sites for hydroxylation is 1. The zero-order valence-corrected chi connectivity index (χ0v) is 22.3. The van der Waals surface area contributed by atoms with Crippen molar-refractivity contribution in [2.75, 3.05) is 34.2 Å². The Hall–Kier alpha value is -4.01. The van der Waals surface area contributed by atoms with Gasteiger partial charge in [0.25, 0.3) is 0 Å². The lowest BCUT2D eigenvalue weighted by Gasteiger charge is -2.19. The zero-order chi connectivity index (χ0) is 26.2. The largest absolute Gasteiger partial charge is 0.361 e. The maximum atomic E-state index is 5.64. The molecule has 4 aromatic rings. The van der Waals surface area contributed by atoms with E-state index < -0.39 is 0 Å². The number of hydrogen-bond acceptors (Lipinski definition) is 7. The fraction of sp³-hybridized carbons (Fsp3) is 0.300. The number of nitrogens with one attached hydrogen (secondary N) is 1. The number of likely N-dealkylation sites (N-methyl/N-ethyl adjacent to an activating group) is 2. The molecular weight excluding hydrogens is 474 g/mol. The highest BCUT2D eigenvalue weighted by molar-refractivity contribution is 5.88. The van der Waals surface area contributed by atoms with Gasteiger partial charge in [0.05, 0.1) is 17.0 Å². The standard InChI is InChI=1S/C30H33N7O/c1-20-27(28(34-38-20)21-9-6-5-7-10-21)30-33-32-29-25-17-22(13-14-23(25)18-37(29)30)26-12-8-11-24(31-26)19-36(4)16-15-35(2)3/h5-13,17-18,30,33H,14-16,19H2,1-4H3. The minimum absolute atomic E-state index is 0.173. The number of fused-ring (bicyclic) bond motifs is 3. The molecule has 3 aromatic heterocycles. The smallest absolute Gasteiger partial charge is 0.162 e. The van der Waals surface area contributed by atoms with Gasteiger partial charge in [0.2, 0.25) is 0 Å². The van der Waals surface area contributed by atoms with Gasteiger partial charge in [-0.1, -0.05) is 47.6 Å². The fourth-order valence-corrected chi connectivity index (χ4v) is 5.18. The van der Waals surface area contributed by atoms with Crippen LogP contribution in [0.5, 0.6) is 0 Å². The molecule has 2 aliphatic rings. The molecule has 1 aliphatic heterocycles. The SMILES string of the molecule is Cc1onc(-c2ccccc2)c1C1NN=c2c3c(cn21)CC=C(c1cccc(CN(C)CCN(C)C)n1)C=3. The molecule has 0 saturated carbocycles. The predicted molar refractivity (Wildman–Crippen MR) is 148 cm³/mol. The normalized spacial score (nSPS) is 16.1. The van der Waals surface area contributed by atoms with Gasteiger partial charge in [-0.3, -0.25) is 15.3 Å². The van der Waals surface area contributed by atoms with Crippen molar-refractivity contribution in [3.05, 3.63) is 99.8 Å². The number of rotatable bonds is 8. The molecule has 0 saturated heterocycles. The Morgan fingerprint density at radius 2 is 1.89 bits per heavy atom. The lowest BCUT2D eigenvalue weighted by Crippen LogP contribution is -2.30. The number of hydrogen-bond donors (Lipinski definition) is 1. The molecule has 1 N–H and O–H groups in total. The summed E-state index contributed by atoms with van der Waals surface area (Å²) in [6.45, 7) is 4.81. The average molecular weight is 508 g/mol. The first-order valence-electron chi connectivity index (χ1n) is 13.0. The van der Waals surface area contributed by atoms with Crippen LogP contribution in [0.2, 0.25) is 0 Å². The first kappa shape index (κ1) is 24.3. The third kappa shape index (κ3) is 4.57. The molecule has 8 nitrogen and oxygen atoms in total. The summed E-state index contributed by atoms with van der Waals surface area (Å²) in [5, 5.41) is 10.3. The van der Waals surface area contributed by atoms with Gasteiger partial charge in [0.15, 0.2) is 11.7 Å². The molecular formula is C30H33N7O. The van der Waals surface area contributed by atoms with Gasteiger partial charge < -0.3 is 14.0 Å². The van der Waals surface area contributed by atoms with Gasteiger partial charge in [0, 0.05) is 36.6 Å². The van der Waals surface area contributed by atoms with Gasteiger partial charge in [-0.25, -0.2) is 0 Å². The summed E-state index contributed by atoms with van der Waals surface area (Å²) in [7, 11) is 6.35. The second-order valence-electron chi connectivity index (χ2n) is 10.4. The summed E-state index contributed by atoms with van der Waals surface area (Å²) in [6.07, 6.45) is 7.36. The van der Waals surface area contributed by atoms with Crippen molar-refractivity contribution in [1.82, 2.24) is 29.9 Å². The van der Waals surface area contributed by atoms with Crippen molar-refractivity contribution in [3.8, 4) is 11.3 Å². The van der Waals surface area contributed by atoms with Crippen LogP contribution in [0.4, 0.5) is 0 Å². The van der Waals surface area contributed by atoms with Crippen LogP contribution < -0.4 is 16.1 Å². The molecule has 8 heteroatoms. The summed E-state index contributed by atoms with van der Waals surface area (Å²) in [4.78, 5) is 9.51. The topological polar surface area (TPSA) is 74.7 Å². The molecule has 0 fully saturated rings. The first-order chi connectivity index (χ1) is 18.5. The molecule has 1 unspecified atom stereocenters. The molecule has 0 amide bonds. The predicted octanol–water partition coefficient (Wildman–Crippen LogP) is 2.94. The molecule has 0 bridgehead atoms. The van der Waals surface area contributed by atoms with E-state index in [4.69, 9.17) is 14.6 Å². The van der Waals surface area contributed by atoms with E-state index in [1.807, 2.05) is 25.1 Å². The highest BCUT2D eigenvalue weighted by atomic mass is 16.5. The molecule has 1 aliphatic carbocycles. The Morgan fingerprint density at radius 1 is 1.05 bits per heavy atom. The number of allylic oxidation sites excluding steroid dienone is 2. The Kier molecular flexibility index (Phi) is 6.43. The number of benzene rings is 1. The van der Waals surface area contributed by atoms with Crippen molar-refractivity contribution in [2.24, 2.45) is 5.10 Å². The van der Waals surface area contributed by atoms with E-state index in [0.717, 1.165) is 76.3 Å². The first-order valence-corrected chi connectivity index (χ1v) is 13.0. The van der Waals surface area contributed by atoms with Gasteiger partial charge in [-0.15, -0.1) is 0 Å². The molecule has 0 radical (unpaired) electrons. The molecule has 1 aromatic carbocycles.